The Morgan fingerprint density at radius 2 is 1.89 bits per heavy atom. The molecule has 0 aromatic rings. The van der Waals surface area contributed by atoms with Crippen molar-refractivity contribution in [3.63, 3.8) is 0 Å². The van der Waals surface area contributed by atoms with Crippen LogP contribution in [-0.4, -0.2) is 47.9 Å². The van der Waals surface area contributed by atoms with Gasteiger partial charge in [-0.1, -0.05) is 0 Å². The Labute approximate surface area is 53.7 Å². The van der Waals surface area contributed by atoms with Gasteiger partial charge in [0.05, 0.1) is 13.2 Å². The lowest BCUT2D eigenvalue weighted by molar-refractivity contribution is -0.0477. The van der Waals surface area contributed by atoms with E-state index in [1.54, 1.807) is 0 Å². The molecule has 0 radical (unpaired) electrons. The van der Waals surface area contributed by atoms with Gasteiger partial charge in [0.2, 0.25) is 0 Å². The van der Waals surface area contributed by atoms with Crippen LogP contribution in [0, 0.1) is 0 Å². The lowest BCUT2D eigenvalue weighted by Gasteiger charge is -2.13. The van der Waals surface area contributed by atoms with Crippen LogP contribution in [0.3, 0.4) is 0 Å². The van der Waals surface area contributed by atoms with Crippen LogP contribution in [0.4, 0.5) is 0 Å². The van der Waals surface area contributed by atoms with Gasteiger partial charge in [-0.25, -0.2) is 0 Å². The largest absolute Gasteiger partial charge is 0.394 e. The van der Waals surface area contributed by atoms with Gasteiger partial charge in [0.15, 0.2) is 0 Å². The van der Waals surface area contributed by atoms with Gasteiger partial charge in [0, 0.05) is 7.11 Å². The lowest BCUT2D eigenvalue weighted by Crippen LogP contribution is -2.32. The monoisotopic (exact) mass is 136 g/mol. The van der Waals surface area contributed by atoms with Gasteiger partial charge >= 0.3 is 0 Å². The van der Waals surface area contributed by atoms with Gasteiger partial charge in [0.25, 0.3) is 0 Å². The second-order valence-electron chi connectivity index (χ2n) is 1.77. The summed E-state index contributed by atoms with van der Waals surface area (Å²) in [7, 11) is 1.41. The van der Waals surface area contributed by atoms with Crippen molar-refractivity contribution in [1.29, 1.82) is 0 Å². The molecule has 2 atom stereocenters. The molecule has 0 saturated heterocycles. The average Bonchev–Trinajstić information content (AvgIpc) is 1.87. The lowest BCUT2D eigenvalue weighted by atomic mass is 10.2. The SMILES string of the molecule is COC[C@@H](O)[C@@H](O)CO. The summed E-state index contributed by atoms with van der Waals surface area (Å²) >= 11 is 0. The highest BCUT2D eigenvalue weighted by Gasteiger charge is 2.13. The molecular formula is C5H12O4. The summed E-state index contributed by atoms with van der Waals surface area (Å²) in [5.74, 6) is 0. The Hall–Kier alpha value is -0.160. The van der Waals surface area contributed by atoms with E-state index in [0.29, 0.717) is 0 Å². The first-order chi connectivity index (χ1) is 4.22. The molecule has 0 aliphatic heterocycles. The van der Waals surface area contributed by atoms with E-state index in [0.717, 1.165) is 0 Å². The summed E-state index contributed by atoms with van der Waals surface area (Å²) in [4.78, 5) is 0. The molecule has 0 spiro atoms. The van der Waals surface area contributed by atoms with Crippen molar-refractivity contribution in [2.75, 3.05) is 20.3 Å². The van der Waals surface area contributed by atoms with E-state index in [4.69, 9.17) is 15.3 Å². The Morgan fingerprint density at radius 3 is 2.22 bits per heavy atom. The number of aliphatic hydroxyl groups excluding tert-OH is 3. The molecule has 4 nitrogen and oxygen atoms in total. The molecule has 0 aromatic heterocycles. The zero-order chi connectivity index (χ0) is 7.28. The van der Waals surface area contributed by atoms with Crippen LogP contribution in [0.2, 0.25) is 0 Å². The van der Waals surface area contributed by atoms with E-state index in [-0.39, 0.29) is 6.61 Å². The van der Waals surface area contributed by atoms with Crippen molar-refractivity contribution in [1.82, 2.24) is 0 Å². The summed E-state index contributed by atoms with van der Waals surface area (Å²) in [6.07, 6.45) is -2.08. The summed E-state index contributed by atoms with van der Waals surface area (Å²) in [5.41, 5.74) is 0. The molecule has 0 bridgehead atoms. The quantitative estimate of drug-likeness (QED) is 0.433. The maximum Gasteiger partial charge on any atom is 0.105 e. The van der Waals surface area contributed by atoms with Crippen LogP contribution in [0.25, 0.3) is 0 Å². The molecule has 0 amide bonds. The summed E-state index contributed by atoms with van der Waals surface area (Å²) in [5, 5.41) is 25.7. The summed E-state index contributed by atoms with van der Waals surface area (Å²) in [6.45, 7) is -0.397. The first kappa shape index (κ1) is 8.84. The highest BCUT2D eigenvalue weighted by Crippen LogP contribution is 1.91. The van der Waals surface area contributed by atoms with Crippen molar-refractivity contribution in [3.8, 4) is 0 Å². The van der Waals surface area contributed by atoms with Crippen LogP contribution >= 0.6 is 0 Å². The fraction of sp³-hybridized carbons (Fsp3) is 1.00. The zero-order valence-electron chi connectivity index (χ0n) is 5.32. The normalized spacial score (nSPS) is 17.3. The molecule has 0 saturated carbocycles. The summed E-state index contributed by atoms with van der Waals surface area (Å²) in [6, 6.07) is 0. The molecule has 0 rings (SSSR count). The van der Waals surface area contributed by atoms with Gasteiger partial charge in [-0.05, 0) is 0 Å². The third kappa shape index (κ3) is 3.42. The molecule has 0 fully saturated rings. The van der Waals surface area contributed by atoms with Crippen molar-refractivity contribution >= 4 is 0 Å². The highest BCUT2D eigenvalue weighted by molar-refractivity contribution is 4.63. The molecule has 0 heterocycles. The fourth-order valence-electron chi connectivity index (χ4n) is 0.404. The molecule has 56 valence electrons. The number of hydrogen-bond acceptors (Lipinski definition) is 4. The van der Waals surface area contributed by atoms with E-state index in [9.17, 15) is 0 Å². The number of rotatable bonds is 4. The number of aliphatic hydroxyl groups is 3. The van der Waals surface area contributed by atoms with Crippen molar-refractivity contribution in [2.24, 2.45) is 0 Å². The van der Waals surface area contributed by atoms with Gasteiger partial charge in [-0.2, -0.15) is 0 Å². The van der Waals surface area contributed by atoms with E-state index < -0.39 is 18.8 Å². The molecule has 3 N–H and O–H groups in total. The Bertz CT molecular complexity index is 66.0. The Kier molecular flexibility index (Phi) is 4.61. The van der Waals surface area contributed by atoms with E-state index >= 15 is 0 Å². The van der Waals surface area contributed by atoms with Crippen molar-refractivity contribution in [2.45, 2.75) is 12.2 Å². The smallest absolute Gasteiger partial charge is 0.105 e. The minimum Gasteiger partial charge on any atom is -0.394 e. The second-order valence-corrected chi connectivity index (χ2v) is 1.77. The van der Waals surface area contributed by atoms with E-state index in [1.165, 1.54) is 7.11 Å². The molecule has 9 heavy (non-hydrogen) atoms. The maximum atomic E-state index is 8.78. The van der Waals surface area contributed by atoms with E-state index in [2.05, 4.69) is 4.74 Å². The van der Waals surface area contributed by atoms with Crippen molar-refractivity contribution < 1.29 is 20.1 Å². The van der Waals surface area contributed by atoms with Crippen LogP contribution < -0.4 is 0 Å². The molecule has 0 aliphatic rings. The molecule has 0 aliphatic carbocycles. The average molecular weight is 136 g/mol. The minimum atomic E-state index is -1.09. The van der Waals surface area contributed by atoms with E-state index in [1.807, 2.05) is 0 Å². The maximum absolute atomic E-state index is 8.78. The number of hydrogen-bond donors (Lipinski definition) is 3. The standard InChI is InChI=1S/C5H12O4/c1-9-3-5(8)4(7)2-6/h4-8H,2-3H2,1H3/t4-,5+/m0/s1. The first-order valence-electron chi connectivity index (χ1n) is 2.68. The zero-order valence-corrected chi connectivity index (χ0v) is 5.32. The van der Waals surface area contributed by atoms with Crippen LogP contribution in [-0.2, 0) is 4.74 Å². The summed E-state index contributed by atoms with van der Waals surface area (Å²) < 4.78 is 4.51. The number of methoxy groups -OCH3 is 1. The highest BCUT2D eigenvalue weighted by atomic mass is 16.5. The molecule has 0 aromatic carbocycles. The van der Waals surface area contributed by atoms with Crippen molar-refractivity contribution in [3.05, 3.63) is 0 Å². The predicted molar refractivity (Wildman–Crippen MR) is 31.0 cm³/mol. The topological polar surface area (TPSA) is 69.9 Å². The second kappa shape index (κ2) is 4.69. The third-order valence-corrected chi connectivity index (χ3v) is 0.969. The third-order valence-electron chi connectivity index (χ3n) is 0.969. The van der Waals surface area contributed by atoms with Crippen LogP contribution in [0.15, 0.2) is 0 Å². The Balaban J connectivity index is 3.32. The van der Waals surface area contributed by atoms with Gasteiger partial charge in [-0.3, -0.25) is 0 Å². The van der Waals surface area contributed by atoms with Crippen LogP contribution in [0.1, 0.15) is 0 Å². The Morgan fingerprint density at radius 1 is 1.33 bits per heavy atom. The van der Waals surface area contributed by atoms with Crippen LogP contribution in [0.5, 0.6) is 0 Å². The van der Waals surface area contributed by atoms with Gasteiger partial charge < -0.3 is 20.1 Å². The molecule has 0 unspecified atom stereocenters. The van der Waals surface area contributed by atoms with Gasteiger partial charge in [-0.15, -0.1) is 0 Å². The van der Waals surface area contributed by atoms with Gasteiger partial charge in [0.1, 0.15) is 12.2 Å². The number of ether oxygens (including phenoxy) is 1. The first-order valence-corrected chi connectivity index (χ1v) is 2.68. The fourth-order valence-corrected chi connectivity index (χ4v) is 0.404. The minimum absolute atomic E-state index is 0.0434. The molecule has 4 heteroatoms. The molecular weight excluding hydrogens is 124 g/mol. The predicted octanol–water partition coefficient (Wildman–Crippen LogP) is -1.65.